The van der Waals surface area contributed by atoms with Crippen molar-refractivity contribution in [1.29, 1.82) is 0 Å². The maximum atomic E-state index is 12.0. The van der Waals surface area contributed by atoms with E-state index in [1.807, 2.05) is 11.8 Å². The number of methoxy groups -OCH3 is 1. The Hall–Kier alpha value is -1.46. The fourth-order valence-corrected chi connectivity index (χ4v) is 3.76. The predicted molar refractivity (Wildman–Crippen MR) is 84.6 cm³/mol. The lowest BCUT2D eigenvalue weighted by molar-refractivity contribution is -0.128. The number of likely N-dealkylation sites (tertiary alicyclic amines) is 1. The van der Waals surface area contributed by atoms with E-state index in [0.29, 0.717) is 25.5 Å². The van der Waals surface area contributed by atoms with Gasteiger partial charge in [0.2, 0.25) is 5.91 Å². The highest BCUT2D eigenvalue weighted by Crippen LogP contribution is 2.26. The fraction of sp³-hybridized carbons (Fsp3) is 0.500. The van der Waals surface area contributed by atoms with Crippen molar-refractivity contribution >= 4 is 27.5 Å². The first-order chi connectivity index (χ1) is 10.2. The van der Waals surface area contributed by atoms with Gasteiger partial charge < -0.3 is 9.64 Å². The van der Waals surface area contributed by atoms with E-state index in [1.165, 1.54) is 10.3 Å². The van der Waals surface area contributed by atoms with Gasteiger partial charge in [-0.2, -0.15) is 0 Å². The van der Waals surface area contributed by atoms with Crippen LogP contribution in [0.25, 0.3) is 10.2 Å². The Balaban J connectivity index is 1.66. The number of carbonyl (C=O) groups excluding carboxylic acids is 1. The van der Waals surface area contributed by atoms with E-state index in [9.17, 15) is 4.79 Å². The third-order valence-electron chi connectivity index (χ3n) is 3.94. The minimum absolute atomic E-state index is 0.252. The average Bonchev–Trinajstić information content (AvgIpc) is 2.98. The van der Waals surface area contributed by atoms with Crippen LogP contribution in [-0.2, 0) is 16.0 Å². The standard InChI is InChI=1S/C16H20N2O2S/c1-11-17-14-8-12(3-4-15(14)21-11)7-13-9-16(19)18(10-13)5-6-20-2/h3-4,8,13H,5-7,9-10H2,1-2H3. The van der Waals surface area contributed by atoms with Crippen molar-refractivity contribution in [2.45, 2.75) is 19.8 Å². The first kappa shape index (κ1) is 14.5. The highest BCUT2D eigenvalue weighted by atomic mass is 32.1. The molecule has 1 aliphatic heterocycles. The van der Waals surface area contributed by atoms with Gasteiger partial charge in [0.25, 0.3) is 0 Å². The number of ether oxygens (including phenoxy) is 1. The summed E-state index contributed by atoms with van der Waals surface area (Å²) in [5, 5.41) is 1.10. The van der Waals surface area contributed by atoms with Crippen LogP contribution >= 0.6 is 11.3 Å². The lowest BCUT2D eigenvalue weighted by Gasteiger charge is -2.15. The molecule has 1 aliphatic rings. The van der Waals surface area contributed by atoms with Crippen molar-refractivity contribution in [3.63, 3.8) is 0 Å². The van der Waals surface area contributed by atoms with Crippen molar-refractivity contribution in [2.24, 2.45) is 5.92 Å². The number of fused-ring (bicyclic) bond motifs is 1. The second-order valence-corrected chi connectivity index (χ2v) is 6.88. The lowest BCUT2D eigenvalue weighted by Crippen LogP contribution is -2.28. The van der Waals surface area contributed by atoms with Crippen LogP contribution in [0.3, 0.4) is 0 Å². The zero-order chi connectivity index (χ0) is 14.8. The van der Waals surface area contributed by atoms with Crippen molar-refractivity contribution < 1.29 is 9.53 Å². The summed E-state index contributed by atoms with van der Waals surface area (Å²) in [4.78, 5) is 18.4. The Morgan fingerprint density at radius 3 is 3.14 bits per heavy atom. The minimum Gasteiger partial charge on any atom is -0.383 e. The van der Waals surface area contributed by atoms with Crippen LogP contribution in [0.5, 0.6) is 0 Å². The molecule has 1 fully saturated rings. The molecule has 1 unspecified atom stereocenters. The van der Waals surface area contributed by atoms with Gasteiger partial charge in [-0.05, 0) is 37.0 Å². The molecule has 0 saturated carbocycles. The van der Waals surface area contributed by atoms with Gasteiger partial charge in [-0.15, -0.1) is 11.3 Å². The Bertz CT molecular complexity index is 653. The topological polar surface area (TPSA) is 42.4 Å². The number of rotatable bonds is 5. The molecular formula is C16H20N2O2S. The lowest BCUT2D eigenvalue weighted by atomic mass is 9.98. The third kappa shape index (κ3) is 3.24. The molecule has 1 atom stereocenters. The molecule has 0 spiro atoms. The summed E-state index contributed by atoms with van der Waals surface area (Å²) >= 11 is 1.73. The molecule has 112 valence electrons. The molecular weight excluding hydrogens is 284 g/mol. The molecule has 1 aromatic carbocycles. The second-order valence-electron chi connectivity index (χ2n) is 5.64. The highest BCUT2D eigenvalue weighted by molar-refractivity contribution is 7.18. The number of aryl methyl sites for hydroxylation is 1. The van der Waals surface area contributed by atoms with E-state index in [1.54, 1.807) is 18.4 Å². The Morgan fingerprint density at radius 1 is 1.48 bits per heavy atom. The summed E-state index contributed by atoms with van der Waals surface area (Å²) in [6.07, 6.45) is 1.60. The zero-order valence-corrected chi connectivity index (χ0v) is 13.3. The second kappa shape index (κ2) is 6.12. The summed E-state index contributed by atoms with van der Waals surface area (Å²) in [5.41, 5.74) is 2.36. The SMILES string of the molecule is COCCN1CC(Cc2ccc3sc(C)nc3c2)CC1=O. The molecule has 2 aromatic rings. The quantitative estimate of drug-likeness (QED) is 0.853. The summed E-state index contributed by atoms with van der Waals surface area (Å²) < 4.78 is 6.29. The van der Waals surface area contributed by atoms with Crippen LogP contribution < -0.4 is 0 Å². The molecule has 2 heterocycles. The first-order valence-electron chi connectivity index (χ1n) is 7.28. The van der Waals surface area contributed by atoms with Gasteiger partial charge in [-0.1, -0.05) is 6.07 Å². The molecule has 21 heavy (non-hydrogen) atoms. The summed E-state index contributed by atoms with van der Waals surface area (Å²) in [6, 6.07) is 6.48. The molecule has 1 saturated heterocycles. The van der Waals surface area contributed by atoms with Crippen molar-refractivity contribution in [3.05, 3.63) is 28.8 Å². The van der Waals surface area contributed by atoms with Crippen LogP contribution in [0.15, 0.2) is 18.2 Å². The number of amides is 1. The smallest absolute Gasteiger partial charge is 0.223 e. The van der Waals surface area contributed by atoms with Gasteiger partial charge in [0.05, 0.1) is 21.8 Å². The van der Waals surface area contributed by atoms with Gasteiger partial charge in [-0.25, -0.2) is 4.98 Å². The average molecular weight is 304 g/mol. The first-order valence-corrected chi connectivity index (χ1v) is 8.10. The number of thiazole rings is 1. The molecule has 0 radical (unpaired) electrons. The zero-order valence-electron chi connectivity index (χ0n) is 12.5. The number of benzene rings is 1. The van der Waals surface area contributed by atoms with E-state index in [-0.39, 0.29) is 5.91 Å². The van der Waals surface area contributed by atoms with Crippen LogP contribution in [-0.4, -0.2) is 42.6 Å². The van der Waals surface area contributed by atoms with Gasteiger partial charge in [0.1, 0.15) is 0 Å². The van der Waals surface area contributed by atoms with E-state index >= 15 is 0 Å². The van der Waals surface area contributed by atoms with E-state index in [0.717, 1.165) is 23.5 Å². The summed E-state index contributed by atoms with van der Waals surface area (Å²) in [6.45, 7) is 4.20. The van der Waals surface area contributed by atoms with Crippen molar-refractivity contribution in [3.8, 4) is 0 Å². The Labute approximate surface area is 128 Å². The van der Waals surface area contributed by atoms with Gasteiger partial charge in [-0.3, -0.25) is 4.79 Å². The largest absolute Gasteiger partial charge is 0.383 e. The third-order valence-corrected chi connectivity index (χ3v) is 4.90. The predicted octanol–water partition coefficient (Wildman–Crippen LogP) is 2.64. The summed E-state index contributed by atoms with van der Waals surface area (Å²) in [7, 11) is 1.67. The number of carbonyl (C=O) groups is 1. The van der Waals surface area contributed by atoms with Gasteiger partial charge in [0.15, 0.2) is 0 Å². The van der Waals surface area contributed by atoms with E-state index in [2.05, 4.69) is 23.2 Å². The van der Waals surface area contributed by atoms with Crippen molar-refractivity contribution in [2.75, 3.05) is 26.8 Å². The monoisotopic (exact) mass is 304 g/mol. The fourth-order valence-electron chi connectivity index (χ4n) is 2.96. The molecule has 4 nitrogen and oxygen atoms in total. The number of nitrogens with zero attached hydrogens (tertiary/aromatic N) is 2. The van der Waals surface area contributed by atoms with Crippen LogP contribution in [0, 0.1) is 12.8 Å². The van der Waals surface area contributed by atoms with E-state index in [4.69, 9.17) is 4.74 Å². The number of aromatic nitrogens is 1. The highest BCUT2D eigenvalue weighted by Gasteiger charge is 2.29. The molecule has 0 aliphatic carbocycles. The van der Waals surface area contributed by atoms with Crippen LogP contribution in [0.2, 0.25) is 0 Å². The van der Waals surface area contributed by atoms with E-state index < -0.39 is 0 Å². The molecule has 1 amide bonds. The van der Waals surface area contributed by atoms with Gasteiger partial charge in [0, 0.05) is 26.6 Å². The van der Waals surface area contributed by atoms with Crippen LogP contribution in [0.1, 0.15) is 17.0 Å². The molecule has 0 bridgehead atoms. The maximum absolute atomic E-state index is 12.0. The molecule has 5 heteroatoms. The molecule has 1 aromatic heterocycles. The molecule has 0 N–H and O–H groups in total. The maximum Gasteiger partial charge on any atom is 0.223 e. The van der Waals surface area contributed by atoms with Crippen LogP contribution in [0.4, 0.5) is 0 Å². The van der Waals surface area contributed by atoms with Gasteiger partial charge >= 0.3 is 0 Å². The molecule has 3 rings (SSSR count). The normalized spacial score (nSPS) is 18.9. The Kier molecular flexibility index (Phi) is 4.22. The minimum atomic E-state index is 0.252. The number of hydrogen-bond acceptors (Lipinski definition) is 4. The summed E-state index contributed by atoms with van der Waals surface area (Å²) in [5.74, 6) is 0.661. The number of hydrogen-bond donors (Lipinski definition) is 0. The van der Waals surface area contributed by atoms with Crippen molar-refractivity contribution in [1.82, 2.24) is 9.88 Å². The Morgan fingerprint density at radius 2 is 2.33 bits per heavy atom.